The van der Waals surface area contributed by atoms with Crippen molar-refractivity contribution in [3.63, 3.8) is 0 Å². The van der Waals surface area contributed by atoms with Gasteiger partial charge in [-0.05, 0) is 13.3 Å². The smallest absolute Gasteiger partial charge is 0.326 e. The number of rotatable bonds is 12. The van der Waals surface area contributed by atoms with E-state index in [1.165, 1.54) is 6.92 Å². The lowest BCUT2D eigenvalue weighted by molar-refractivity contribution is -0.143. The van der Waals surface area contributed by atoms with Gasteiger partial charge in [0.1, 0.15) is 12.1 Å². The monoisotopic (exact) mass is 408 g/mol. The molecule has 0 aliphatic rings. The van der Waals surface area contributed by atoms with Crippen LogP contribution in [0.5, 0.6) is 0 Å². The topological polar surface area (TPSA) is 208 Å². The van der Waals surface area contributed by atoms with Crippen LogP contribution in [0.4, 0.5) is 0 Å². The number of aliphatic hydroxyl groups is 1. The lowest BCUT2D eigenvalue weighted by Gasteiger charge is -2.22. The molecule has 8 N–H and O–H groups in total. The van der Waals surface area contributed by atoms with Gasteiger partial charge in [-0.15, -0.1) is 0 Å². The van der Waals surface area contributed by atoms with E-state index in [4.69, 9.17) is 15.9 Å². The maximum atomic E-state index is 12.1. The zero-order valence-corrected chi connectivity index (χ0v) is 15.4. The lowest BCUT2D eigenvalue weighted by atomic mass is 10.1. The zero-order valence-electron chi connectivity index (χ0n) is 14.5. The van der Waals surface area contributed by atoms with Gasteiger partial charge in [-0.1, -0.05) is 0 Å². The summed E-state index contributed by atoms with van der Waals surface area (Å²) >= 11 is 3.84. The van der Waals surface area contributed by atoms with E-state index in [9.17, 15) is 29.1 Å². The molecule has 0 bridgehead atoms. The highest BCUT2D eigenvalue weighted by atomic mass is 32.1. The van der Waals surface area contributed by atoms with E-state index in [1.807, 2.05) is 0 Å². The number of aliphatic carboxylic acids is 2. The molecular formula is C14H24N4O8S. The van der Waals surface area contributed by atoms with Crippen LogP contribution in [0.25, 0.3) is 0 Å². The van der Waals surface area contributed by atoms with Crippen molar-refractivity contribution in [1.82, 2.24) is 16.0 Å². The van der Waals surface area contributed by atoms with E-state index >= 15 is 0 Å². The third-order valence-electron chi connectivity index (χ3n) is 3.30. The van der Waals surface area contributed by atoms with Crippen LogP contribution in [-0.2, 0) is 24.0 Å². The molecule has 154 valence electrons. The van der Waals surface area contributed by atoms with Gasteiger partial charge in [0.05, 0.1) is 18.7 Å². The van der Waals surface area contributed by atoms with Crippen molar-refractivity contribution >= 4 is 42.3 Å². The van der Waals surface area contributed by atoms with Crippen molar-refractivity contribution in [2.75, 3.05) is 12.3 Å². The van der Waals surface area contributed by atoms with E-state index < -0.39 is 66.9 Å². The van der Waals surface area contributed by atoms with Crippen LogP contribution in [0, 0.1) is 0 Å². The second-order valence-electron chi connectivity index (χ2n) is 5.62. The van der Waals surface area contributed by atoms with Gasteiger partial charge >= 0.3 is 11.9 Å². The van der Waals surface area contributed by atoms with Gasteiger partial charge in [0, 0.05) is 12.2 Å². The minimum Gasteiger partial charge on any atom is -0.481 e. The molecule has 0 saturated heterocycles. The molecule has 0 aromatic heterocycles. The summed E-state index contributed by atoms with van der Waals surface area (Å²) in [6.45, 7) is 0.594. The highest BCUT2D eigenvalue weighted by molar-refractivity contribution is 7.80. The predicted octanol–water partition coefficient (Wildman–Crippen LogP) is -3.34. The Hall–Kier alpha value is -2.38. The van der Waals surface area contributed by atoms with E-state index in [1.54, 1.807) is 0 Å². The number of hydrogen-bond donors (Lipinski definition) is 8. The fourth-order valence-electron chi connectivity index (χ4n) is 1.80. The summed E-state index contributed by atoms with van der Waals surface area (Å²) < 4.78 is 0. The van der Waals surface area contributed by atoms with E-state index in [2.05, 4.69) is 28.6 Å². The Balaban J connectivity index is 4.69. The summed E-state index contributed by atoms with van der Waals surface area (Å²) in [6.07, 6.45) is -2.10. The molecule has 27 heavy (non-hydrogen) atoms. The van der Waals surface area contributed by atoms with Crippen molar-refractivity contribution in [3.05, 3.63) is 0 Å². The minimum atomic E-state index is -1.44. The van der Waals surface area contributed by atoms with Crippen LogP contribution in [-0.4, -0.2) is 81.5 Å². The van der Waals surface area contributed by atoms with Crippen LogP contribution < -0.4 is 21.7 Å². The summed E-state index contributed by atoms with van der Waals surface area (Å²) in [5.41, 5.74) is 5.46. The van der Waals surface area contributed by atoms with Crippen LogP contribution in [0.15, 0.2) is 0 Å². The third-order valence-corrected chi connectivity index (χ3v) is 3.69. The first kappa shape index (κ1) is 24.6. The molecule has 0 heterocycles. The number of carbonyl (C=O) groups excluding carboxylic acids is 3. The minimum absolute atomic E-state index is 0.00923. The van der Waals surface area contributed by atoms with Crippen molar-refractivity contribution in [1.29, 1.82) is 0 Å². The first-order valence-corrected chi connectivity index (χ1v) is 8.49. The molecule has 12 nitrogen and oxygen atoms in total. The number of hydrogen-bond acceptors (Lipinski definition) is 8. The fraction of sp³-hybridized carbons (Fsp3) is 0.643. The second kappa shape index (κ2) is 12.1. The highest BCUT2D eigenvalue weighted by Gasteiger charge is 2.28. The Bertz CT molecular complexity index is 571. The van der Waals surface area contributed by atoms with Gasteiger partial charge in [0.2, 0.25) is 17.7 Å². The van der Waals surface area contributed by atoms with Gasteiger partial charge in [-0.2, -0.15) is 12.6 Å². The Morgan fingerprint density at radius 1 is 1.07 bits per heavy atom. The predicted molar refractivity (Wildman–Crippen MR) is 94.9 cm³/mol. The molecule has 3 amide bonds. The fourth-order valence-corrected chi connectivity index (χ4v) is 1.96. The van der Waals surface area contributed by atoms with Crippen molar-refractivity contribution in [2.24, 2.45) is 5.73 Å². The van der Waals surface area contributed by atoms with Crippen molar-refractivity contribution in [2.45, 2.75) is 44.0 Å². The van der Waals surface area contributed by atoms with Crippen LogP contribution >= 0.6 is 12.6 Å². The number of thiol groups is 1. The number of aliphatic hydroxyl groups excluding tert-OH is 1. The maximum absolute atomic E-state index is 12.1. The number of carbonyl (C=O) groups is 5. The largest absolute Gasteiger partial charge is 0.481 e. The van der Waals surface area contributed by atoms with E-state index in [0.717, 1.165) is 0 Å². The maximum Gasteiger partial charge on any atom is 0.326 e. The number of carboxylic acids is 2. The molecule has 4 unspecified atom stereocenters. The Morgan fingerprint density at radius 3 is 2.11 bits per heavy atom. The molecule has 13 heteroatoms. The van der Waals surface area contributed by atoms with Gasteiger partial charge < -0.3 is 37.0 Å². The lowest BCUT2D eigenvalue weighted by Crippen LogP contribution is -2.57. The van der Waals surface area contributed by atoms with Crippen molar-refractivity contribution < 1.29 is 39.3 Å². The molecule has 0 spiro atoms. The Labute approximate surface area is 160 Å². The number of carboxylic acid groups (broad SMARTS) is 2. The standard InChI is InChI=1S/C14H24N4O8S/c1-6(19)11(18-12(23)7(15)5-27)13(24)16-4-9(20)17-8(14(25)26)2-3-10(21)22/h6-8,11,19,27H,2-5,15H2,1H3,(H,16,24)(H,17,20)(H,18,23)(H,21,22)(H,25,26). The average Bonchev–Trinajstić information content (AvgIpc) is 2.59. The zero-order chi connectivity index (χ0) is 21.1. The van der Waals surface area contributed by atoms with Gasteiger partial charge in [0.25, 0.3) is 0 Å². The SMILES string of the molecule is CC(O)C(NC(=O)C(N)CS)C(=O)NCC(=O)NC(CCC(=O)O)C(=O)O. The third kappa shape index (κ3) is 9.77. The molecule has 0 rings (SSSR count). The van der Waals surface area contributed by atoms with Crippen LogP contribution in [0.3, 0.4) is 0 Å². The quantitative estimate of drug-likeness (QED) is 0.152. The molecule has 4 atom stereocenters. The number of amides is 3. The molecule has 0 aromatic rings. The molecule has 0 fully saturated rings. The van der Waals surface area contributed by atoms with Gasteiger partial charge in [-0.25, -0.2) is 4.79 Å². The van der Waals surface area contributed by atoms with Gasteiger partial charge in [0.15, 0.2) is 0 Å². The second-order valence-corrected chi connectivity index (χ2v) is 5.99. The molecular weight excluding hydrogens is 384 g/mol. The number of nitrogens with two attached hydrogens (primary N) is 1. The molecule has 0 radical (unpaired) electrons. The first-order valence-electron chi connectivity index (χ1n) is 7.86. The normalized spacial score (nSPS) is 15.0. The van der Waals surface area contributed by atoms with Crippen molar-refractivity contribution in [3.8, 4) is 0 Å². The Morgan fingerprint density at radius 2 is 1.67 bits per heavy atom. The van der Waals surface area contributed by atoms with E-state index in [0.29, 0.717) is 0 Å². The number of nitrogens with one attached hydrogen (secondary N) is 3. The summed E-state index contributed by atoms with van der Waals surface area (Å²) in [5, 5.41) is 33.6. The first-order chi connectivity index (χ1) is 12.5. The summed E-state index contributed by atoms with van der Waals surface area (Å²) in [7, 11) is 0. The average molecular weight is 408 g/mol. The summed E-state index contributed by atoms with van der Waals surface area (Å²) in [4.78, 5) is 57.0. The molecule has 0 saturated carbocycles. The van der Waals surface area contributed by atoms with Gasteiger partial charge in [-0.3, -0.25) is 19.2 Å². The highest BCUT2D eigenvalue weighted by Crippen LogP contribution is 1.99. The van der Waals surface area contributed by atoms with E-state index in [-0.39, 0.29) is 12.2 Å². The van der Waals surface area contributed by atoms with Crippen LogP contribution in [0.2, 0.25) is 0 Å². The molecule has 0 aliphatic carbocycles. The van der Waals surface area contributed by atoms with Crippen LogP contribution in [0.1, 0.15) is 19.8 Å². The summed E-state index contributed by atoms with van der Waals surface area (Å²) in [5.74, 6) is -5.14. The molecule has 0 aliphatic heterocycles. The Kier molecular flexibility index (Phi) is 11.0. The summed E-state index contributed by atoms with van der Waals surface area (Å²) in [6, 6.07) is -3.83. The molecule has 0 aromatic carbocycles.